The summed E-state index contributed by atoms with van der Waals surface area (Å²) in [6.07, 6.45) is 2.82. The van der Waals surface area contributed by atoms with E-state index >= 15 is 0 Å². The zero-order chi connectivity index (χ0) is 6.10. The molecule has 0 atom stereocenters. The minimum atomic E-state index is 0.787. The summed E-state index contributed by atoms with van der Waals surface area (Å²) in [5.74, 6) is 0.793. The van der Waals surface area contributed by atoms with Crippen molar-refractivity contribution in [3.8, 4) is 0 Å². The highest BCUT2D eigenvalue weighted by Crippen LogP contribution is 2.18. The Kier molecular flexibility index (Phi) is 0.946. The number of ether oxygens (including phenoxy) is 1. The van der Waals surface area contributed by atoms with E-state index in [1.54, 1.807) is 0 Å². The maximum Gasteiger partial charge on any atom is 0.232 e. The fourth-order valence-electron chi connectivity index (χ4n) is 1.02. The Morgan fingerprint density at radius 3 is 3.56 bits per heavy atom. The second kappa shape index (κ2) is 1.76. The number of aliphatic imine (C=N–C) groups is 1. The maximum atomic E-state index is 5.18. The Bertz CT molecular complexity index is 183. The van der Waals surface area contributed by atoms with Gasteiger partial charge in [-0.15, -0.1) is 0 Å². The summed E-state index contributed by atoms with van der Waals surface area (Å²) >= 11 is 0. The summed E-state index contributed by atoms with van der Waals surface area (Å²) < 4.78 is 5.18. The van der Waals surface area contributed by atoms with Crippen molar-refractivity contribution in [3.63, 3.8) is 0 Å². The van der Waals surface area contributed by atoms with Gasteiger partial charge in [0.15, 0.2) is 0 Å². The molecule has 0 amide bonds. The lowest BCUT2D eigenvalue weighted by Gasteiger charge is -2.06. The number of nitrogens with zero attached hydrogens (tertiary/aromatic N) is 1. The second-order valence-electron chi connectivity index (χ2n) is 2.07. The Hall–Kier alpha value is -0.990. The van der Waals surface area contributed by atoms with Gasteiger partial charge in [0.05, 0.1) is 18.8 Å². The molecule has 0 aromatic heterocycles. The SMILES string of the molecule is C1=NC2=C(CCO2)NC1. The van der Waals surface area contributed by atoms with Gasteiger partial charge in [0.1, 0.15) is 0 Å². The molecule has 2 heterocycles. The Morgan fingerprint density at radius 2 is 2.67 bits per heavy atom. The standard InChI is InChI=1S/C6H8N2O/c1-4-9-6-5(1)7-2-3-8-6/h3,7H,1-2,4H2. The van der Waals surface area contributed by atoms with Crippen molar-refractivity contribution in [1.29, 1.82) is 0 Å². The van der Waals surface area contributed by atoms with E-state index in [9.17, 15) is 0 Å². The molecule has 0 aliphatic carbocycles. The highest BCUT2D eigenvalue weighted by atomic mass is 16.5. The minimum Gasteiger partial charge on any atom is -0.476 e. The molecule has 2 aliphatic heterocycles. The van der Waals surface area contributed by atoms with Crippen LogP contribution in [-0.2, 0) is 4.74 Å². The van der Waals surface area contributed by atoms with Crippen molar-refractivity contribution in [2.75, 3.05) is 13.2 Å². The zero-order valence-corrected chi connectivity index (χ0v) is 5.05. The van der Waals surface area contributed by atoms with Crippen LogP contribution in [0.2, 0.25) is 0 Å². The molecule has 2 rings (SSSR count). The van der Waals surface area contributed by atoms with E-state index in [0.717, 1.165) is 31.2 Å². The molecule has 0 saturated heterocycles. The van der Waals surface area contributed by atoms with Gasteiger partial charge < -0.3 is 10.1 Å². The van der Waals surface area contributed by atoms with E-state index < -0.39 is 0 Å². The lowest BCUT2D eigenvalue weighted by Crippen LogP contribution is -2.18. The molecule has 0 aromatic rings. The first kappa shape index (κ1) is 4.85. The Morgan fingerprint density at radius 1 is 1.67 bits per heavy atom. The fraction of sp³-hybridized carbons (Fsp3) is 0.500. The van der Waals surface area contributed by atoms with Gasteiger partial charge in [-0.2, -0.15) is 0 Å². The van der Waals surface area contributed by atoms with Gasteiger partial charge in [-0.05, 0) is 0 Å². The number of hydrogen-bond donors (Lipinski definition) is 1. The van der Waals surface area contributed by atoms with E-state index in [0.29, 0.717) is 0 Å². The van der Waals surface area contributed by atoms with Crippen LogP contribution >= 0.6 is 0 Å². The quantitative estimate of drug-likeness (QED) is 0.502. The average molecular weight is 124 g/mol. The minimum absolute atomic E-state index is 0.787. The molecule has 0 fully saturated rings. The summed E-state index contributed by atoms with van der Waals surface area (Å²) in [5.41, 5.74) is 1.16. The predicted octanol–water partition coefficient (Wildman–Crippen LogP) is 0.250. The van der Waals surface area contributed by atoms with Crippen molar-refractivity contribution < 1.29 is 4.74 Å². The van der Waals surface area contributed by atoms with Crippen molar-refractivity contribution in [2.24, 2.45) is 4.99 Å². The average Bonchev–Trinajstić information content (AvgIpc) is 2.33. The molecular weight excluding hydrogens is 116 g/mol. The van der Waals surface area contributed by atoms with Crippen molar-refractivity contribution in [1.82, 2.24) is 5.32 Å². The first-order chi connectivity index (χ1) is 4.47. The molecule has 2 aliphatic rings. The molecule has 9 heavy (non-hydrogen) atoms. The summed E-state index contributed by atoms with van der Waals surface area (Å²) in [5, 5.41) is 3.19. The van der Waals surface area contributed by atoms with Crippen LogP contribution in [0.3, 0.4) is 0 Å². The molecule has 0 saturated carbocycles. The molecule has 3 heteroatoms. The van der Waals surface area contributed by atoms with E-state index in [2.05, 4.69) is 10.3 Å². The van der Waals surface area contributed by atoms with Crippen molar-refractivity contribution in [2.45, 2.75) is 6.42 Å². The van der Waals surface area contributed by atoms with Crippen molar-refractivity contribution in [3.05, 3.63) is 11.6 Å². The lowest BCUT2D eigenvalue weighted by molar-refractivity contribution is 0.242. The van der Waals surface area contributed by atoms with Gasteiger partial charge in [-0.25, -0.2) is 4.99 Å². The smallest absolute Gasteiger partial charge is 0.232 e. The summed E-state index contributed by atoms with van der Waals surface area (Å²) in [6.45, 7) is 1.64. The van der Waals surface area contributed by atoms with Crippen LogP contribution in [0.4, 0.5) is 0 Å². The number of nitrogens with one attached hydrogen (secondary N) is 1. The van der Waals surface area contributed by atoms with Crippen LogP contribution in [0, 0.1) is 0 Å². The maximum absolute atomic E-state index is 5.18. The first-order valence-electron chi connectivity index (χ1n) is 3.09. The first-order valence-corrected chi connectivity index (χ1v) is 3.09. The molecule has 0 aromatic carbocycles. The van der Waals surface area contributed by atoms with Crippen LogP contribution in [0.5, 0.6) is 0 Å². The summed E-state index contributed by atoms with van der Waals surface area (Å²) in [6, 6.07) is 0. The Balaban J connectivity index is 2.28. The van der Waals surface area contributed by atoms with E-state index in [-0.39, 0.29) is 0 Å². The predicted molar refractivity (Wildman–Crippen MR) is 34.1 cm³/mol. The molecule has 0 unspecified atom stereocenters. The topological polar surface area (TPSA) is 33.6 Å². The normalized spacial score (nSPS) is 23.1. The highest BCUT2D eigenvalue weighted by Gasteiger charge is 2.16. The molecular formula is C6H8N2O. The van der Waals surface area contributed by atoms with Gasteiger partial charge in [0, 0.05) is 12.6 Å². The summed E-state index contributed by atoms with van der Waals surface area (Å²) in [7, 11) is 0. The van der Waals surface area contributed by atoms with E-state index in [1.807, 2.05) is 6.21 Å². The van der Waals surface area contributed by atoms with Gasteiger partial charge >= 0.3 is 0 Å². The van der Waals surface area contributed by atoms with Crippen LogP contribution in [0.1, 0.15) is 6.42 Å². The third kappa shape index (κ3) is 0.686. The molecule has 1 N–H and O–H groups in total. The van der Waals surface area contributed by atoms with Gasteiger partial charge in [-0.1, -0.05) is 0 Å². The van der Waals surface area contributed by atoms with Crippen LogP contribution in [0.15, 0.2) is 16.6 Å². The fourth-order valence-corrected chi connectivity index (χ4v) is 1.02. The lowest BCUT2D eigenvalue weighted by atomic mass is 10.3. The summed E-state index contributed by atoms with van der Waals surface area (Å²) in [4.78, 5) is 4.06. The number of rotatable bonds is 0. The number of hydrogen-bond acceptors (Lipinski definition) is 3. The van der Waals surface area contributed by atoms with Crippen LogP contribution < -0.4 is 5.32 Å². The monoisotopic (exact) mass is 124 g/mol. The molecule has 0 radical (unpaired) electrons. The van der Waals surface area contributed by atoms with Crippen LogP contribution in [0.25, 0.3) is 0 Å². The van der Waals surface area contributed by atoms with E-state index in [1.165, 1.54) is 0 Å². The molecule has 48 valence electrons. The Labute approximate surface area is 53.4 Å². The molecule has 3 nitrogen and oxygen atoms in total. The third-order valence-corrected chi connectivity index (χ3v) is 1.46. The second-order valence-corrected chi connectivity index (χ2v) is 2.07. The van der Waals surface area contributed by atoms with Gasteiger partial charge in [-0.3, -0.25) is 0 Å². The van der Waals surface area contributed by atoms with Crippen LogP contribution in [-0.4, -0.2) is 19.4 Å². The van der Waals surface area contributed by atoms with Gasteiger partial charge in [0.25, 0.3) is 0 Å². The zero-order valence-electron chi connectivity index (χ0n) is 5.05. The third-order valence-electron chi connectivity index (χ3n) is 1.46. The highest BCUT2D eigenvalue weighted by molar-refractivity contribution is 5.63. The van der Waals surface area contributed by atoms with Crippen molar-refractivity contribution >= 4 is 6.21 Å². The largest absolute Gasteiger partial charge is 0.476 e. The molecule has 0 bridgehead atoms. The van der Waals surface area contributed by atoms with E-state index in [4.69, 9.17) is 4.74 Å². The van der Waals surface area contributed by atoms with Gasteiger partial charge in [0.2, 0.25) is 5.88 Å². The molecule has 0 spiro atoms.